The molecule has 0 heterocycles. The molecule has 1 amide bonds. The summed E-state index contributed by atoms with van der Waals surface area (Å²) in [7, 11) is -4.09. The van der Waals surface area contributed by atoms with E-state index < -0.39 is 20.6 Å². The van der Waals surface area contributed by atoms with E-state index in [1.165, 1.54) is 44.9 Å². The van der Waals surface area contributed by atoms with Gasteiger partial charge in [0, 0.05) is 6.54 Å². The Morgan fingerprint density at radius 2 is 1.74 bits per heavy atom. The molecule has 4 aliphatic carbocycles. The number of fused-ring (bicyclic) bond motifs is 5. The predicted octanol–water partition coefficient (Wildman–Crippen LogP) is 5.79. The van der Waals surface area contributed by atoms with Crippen molar-refractivity contribution < 1.29 is 22.9 Å². The molecule has 0 aromatic heterocycles. The third-order valence-corrected chi connectivity index (χ3v) is 14.4. The summed E-state index contributed by atoms with van der Waals surface area (Å²) in [5, 5.41) is 13.3. The highest BCUT2D eigenvalue weighted by Crippen LogP contribution is 2.69. The molecule has 0 spiro atoms. The number of carbonyl (C=O) groups excluding carboxylic acids is 1. The quantitative estimate of drug-likeness (QED) is 0.303. The average molecular weight is 572 g/mol. The molecule has 38 heavy (non-hydrogen) atoms. The maximum absolute atomic E-state index is 13.1. The zero-order valence-electron chi connectivity index (χ0n) is 24.5. The summed E-state index contributed by atoms with van der Waals surface area (Å²) in [6, 6.07) is 0. The van der Waals surface area contributed by atoms with Crippen LogP contribution in [0.1, 0.15) is 98.8 Å². The van der Waals surface area contributed by atoms with Crippen molar-refractivity contribution in [2.75, 3.05) is 18.6 Å². The first-order chi connectivity index (χ1) is 17.7. The molecule has 4 saturated carbocycles. The SMILES string of the molecule is CCC1CC2C3CCC(C(C)CC(C)(SC)C(=O)NCCS(=O)(=O)O)C3(C)CCC2C2(C)CCC(O)CC12. The van der Waals surface area contributed by atoms with Crippen LogP contribution in [0.2, 0.25) is 0 Å². The summed E-state index contributed by atoms with van der Waals surface area (Å²) < 4.78 is 30.6. The Balaban J connectivity index is 1.48. The van der Waals surface area contributed by atoms with Crippen LogP contribution in [-0.2, 0) is 14.9 Å². The van der Waals surface area contributed by atoms with Crippen molar-refractivity contribution >= 4 is 27.8 Å². The lowest BCUT2D eigenvalue weighted by Gasteiger charge is -2.63. The van der Waals surface area contributed by atoms with Gasteiger partial charge in [0.2, 0.25) is 5.91 Å². The van der Waals surface area contributed by atoms with E-state index in [1.807, 2.05) is 13.2 Å². The van der Waals surface area contributed by atoms with Crippen molar-refractivity contribution in [2.24, 2.45) is 52.3 Å². The third kappa shape index (κ3) is 5.59. The largest absolute Gasteiger partial charge is 0.393 e. The Kier molecular flexibility index (Phi) is 9.01. The molecule has 4 aliphatic rings. The number of thioether (sulfide) groups is 1. The van der Waals surface area contributed by atoms with Crippen LogP contribution in [0.25, 0.3) is 0 Å². The van der Waals surface area contributed by atoms with Crippen molar-refractivity contribution in [2.45, 2.75) is 110 Å². The Hall–Kier alpha value is -0.310. The second-order valence-electron chi connectivity index (χ2n) is 14.2. The van der Waals surface area contributed by atoms with Crippen LogP contribution in [0.3, 0.4) is 0 Å². The number of rotatable bonds is 9. The van der Waals surface area contributed by atoms with Crippen molar-refractivity contribution in [1.29, 1.82) is 0 Å². The normalized spacial score (nSPS) is 43.3. The summed E-state index contributed by atoms with van der Waals surface area (Å²) in [6.45, 7) is 11.7. The summed E-state index contributed by atoms with van der Waals surface area (Å²) in [5.74, 6) is 4.08. The summed E-state index contributed by atoms with van der Waals surface area (Å²) in [4.78, 5) is 13.1. The van der Waals surface area contributed by atoms with Gasteiger partial charge in [-0.15, -0.1) is 11.8 Å². The van der Waals surface area contributed by atoms with Gasteiger partial charge in [0.25, 0.3) is 10.1 Å². The van der Waals surface area contributed by atoms with Crippen molar-refractivity contribution in [3.05, 3.63) is 0 Å². The highest BCUT2D eigenvalue weighted by atomic mass is 32.2. The minimum absolute atomic E-state index is 0.0656. The molecule has 0 radical (unpaired) electrons. The lowest BCUT2D eigenvalue weighted by atomic mass is 9.42. The van der Waals surface area contributed by atoms with Gasteiger partial charge in [0.05, 0.1) is 16.6 Å². The molecule has 11 unspecified atom stereocenters. The lowest BCUT2D eigenvalue weighted by molar-refractivity contribution is -0.152. The van der Waals surface area contributed by atoms with E-state index in [2.05, 4.69) is 33.0 Å². The smallest absolute Gasteiger partial charge is 0.266 e. The zero-order chi connectivity index (χ0) is 28.1. The number of hydrogen-bond acceptors (Lipinski definition) is 5. The summed E-state index contributed by atoms with van der Waals surface area (Å²) >= 11 is 1.54. The highest BCUT2D eigenvalue weighted by Gasteiger charge is 2.62. The fourth-order valence-electron chi connectivity index (χ4n) is 10.4. The number of aliphatic hydroxyl groups excluding tert-OH is 1. The van der Waals surface area contributed by atoms with E-state index in [4.69, 9.17) is 4.55 Å². The third-order valence-electron chi connectivity index (χ3n) is 12.4. The zero-order valence-corrected chi connectivity index (χ0v) is 26.2. The molecule has 3 N–H and O–H groups in total. The van der Waals surface area contributed by atoms with Crippen molar-refractivity contribution in [1.82, 2.24) is 5.32 Å². The Morgan fingerprint density at radius 1 is 1.08 bits per heavy atom. The Morgan fingerprint density at radius 3 is 2.37 bits per heavy atom. The van der Waals surface area contributed by atoms with Crippen LogP contribution < -0.4 is 5.32 Å². The van der Waals surface area contributed by atoms with Gasteiger partial charge in [0.1, 0.15) is 0 Å². The molecule has 0 bridgehead atoms. The van der Waals surface area contributed by atoms with Crippen LogP contribution in [-0.4, -0.2) is 53.4 Å². The van der Waals surface area contributed by atoms with Gasteiger partial charge >= 0.3 is 0 Å². The summed E-state index contributed by atoms with van der Waals surface area (Å²) in [6.07, 6.45) is 13.4. The fourth-order valence-corrected chi connectivity index (χ4v) is 11.5. The van der Waals surface area contributed by atoms with Gasteiger partial charge in [0.15, 0.2) is 0 Å². The maximum Gasteiger partial charge on any atom is 0.266 e. The van der Waals surface area contributed by atoms with E-state index in [0.29, 0.717) is 28.6 Å². The number of amides is 1. The standard InChI is InChI=1S/C30H53NO5S2/c1-7-20-16-22-24-9-8-23(19(2)18-30(5,37-6)27(33)31-14-15-38(34,35)36)28(24,3)13-11-25(22)29(4)12-10-21(32)17-26(20)29/h19-26,32H,7-18H2,1-6H3,(H,31,33)(H,34,35,36). The van der Waals surface area contributed by atoms with Gasteiger partial charge in [-0.25, -0.2) is 0 Å². The number of hydrogen-bond donors (Lipinski definition) is 3. The molecule has 0 aromatic carbocycles. The number of aliphatic hydroxyl groups is 1. The molecule has 6 nitrogen and oxygen atoms in total. The van der Waals surface area contributed by atoms with Gasteiger partial charge in [-0.05, 0) is 123 Å². The topological polar surface area (TPSA) is 104 Å². The molecule has 0 aromatic rings. The van der Waals surface area contributed by atoms with Crippen LogP contribution in [0.4, 0.5) is 0 Å². The summed E-state index contributed by atoms with van der Waals surface area (Å²) in [5.41, 5.74) is 0.669. The molecule has 4 fully saturated rings. The first-order valence-corrected chi connectivity index (χ1v) is 18.0. The number of carbonyl (C=O) groups is 1. The van der Waals surface area contributed by atoms with Crippen LogP contribution in [0, 0.1) is 52.3 Å². The van der Waals surface area contributed by atoms with Crippen LogP contribution in [0.5, 0.6) is 0 Å². The molecule has 4 rings (SSSR count). The predicted molar refractivity (Wildman–Crippen MR) is 156 cm³/mol. The Bertz CT molecular complexity index is 974. The fraction of sp³-hybridized carbons (Fsp3) is 0.967. The minimum atomic E-state index is -4.09. The van der Waals surface area contributed by atoms with Gasteiger partial charge < -0.3 is 10.4 Å². The molecule has 0 aliphatic heterocycles. The molecule has 0 saturated heterocycles. The number of nitrogens with one attached hydrogen (secondary N) is 1. The van der Waals surface area contributed by atoms with Gasteiger partial charge in [-0.1, -0.05) is 34.1 Å². The first kappa shape index (κ1) is 30.6. The van der Waals surface area contributed by atoms with E-state index in [0.717, 1.165) is 42.9 Å². The molecule has 220 valence electrons. The maximum atomic E-state index is 13.1. The second kappa shape index (κ2) is 11.2. The Labute approximate surface area is 236 Å². The van der Waals surface area contributed by atoms with Gasteiger partial charge in [-0.3, -0.25) is 9.35 Å². The molecular weight excluding hydrogens is 518 g/mol. The van der Waals surface area contributed by atoms with E-state index >= 15 is 0 Å². The van der Waals surface area contributed by atoms with E-state index in [1.54, 1.807) is 11.8 Å². The van der Waals surface area contributed by atoms with E-state index in [-0.39, 0.29) is 18.6 Å². The van der Waals surface area contributed by atoms with Crippen LogP contribution in [0.15, 0.2) is 0 Å². The average Bonchev–Trinajstić information content (AvgIpc) is 3.20. The molecule has 8 heteroatoms. The van der Waals surface area contributed by atoms with Gasteiger partial charge in [-0.2, -0.15) is 8.42 Å². The first-order valence-electron chi connectivity index (χ1n) is 15.1. The minimum Gasteiger partial charge on any atom is -0.393 e. The monoisotopic (exact) mass is 571 g/mol. The lowest BCUT2D eigenvalue weighted by Crippen LogP contribution is -2.57. The molecular formula is C30H53NO5S2. The van der Waals surface area contributed by atoms with Crippen molar-refractivity contribution in [3.8, 4) is 0 Å². The molecule has 11 atom stereocenters. The van der Waals surface area contributed by atoms with Crippen molar-refractivity contribution in [3.63, 3.8) is 0 Å². The van der Waals surface area contributed by atoms with Crippen LogP contribution >= 0.6 is 11.8 Å². The highest BCUT2D eigenvalue weighted by molar-refractivity contribution is 8.00. The van der Waals surface area contributed by atoms with E-state index in [9.17, 15) is 18.3 Å². The second-order valence-corrected chi connectivity index (χ2v) is 17.1.